The number of nitrogens with zero attached hydrogens (tertiary/aromatic N) is 5. The van der Waals surface area contributed by atoms with Crippen LogP contribution in [0.2, 0.25) is 0 Å². The number of hydrogen-bond donors (Lipinski definition) is 0. The zero-order valence-corrected chi connectivity index (χ0v) is 18.1. The van der Waals surface area contributed by atoms with E-state index in [1.165, 1.54) is 12.8 Å². The van der Waals surface area contributed by atoms with E-state index in [1.54, 1.807) is 17.8 Å². The van der Waals surface area contributed by atoms with Gasteiger partial charge in [0.25, 0.3) is 5.91 Å². The van der Waals surface area contributed by atoms with Crippen molar-refractivity contribution in [1.82, 2.24) is 19.8 Å². The molecule has 8 heteroatoms. The quantitative estimate of drug-likeness (QED) is 0.531. The molecule has 7 nitrogen and oxygen atoms in total. The number of aromatic nitrogens is 2. The fraction of sp³-hybridized carbons (Fsp3) is 0.571. The first-order valence-corrected chi connectivity index (χ1v) is 11.4. The Morgan fingerprint density at radius 1 is 1.10 bits per heavy atom. The maximum atomic E-state index is 12.6. The summed E-state index contributed by atoms with van der Waals surface area (Å²) in [6, 6.07) is 5.78. The molecule has 0 unspecified atom stereocenters. The van der Waals surface area contributed by atoms with Crippen LogP contribution in [0.4, 0.5) is 5.82 Å². The van der Waals surface area contributed by atoms with Gasteiger partial charge in [-0.25, -0.2) is 9.97 Å². The van der Waals surface area contributed by atoms with Gasteiger partial charge < -0.3 is 19.1 Å². The fourth-order valence-electron chi connectivity index (χ4n) is 3.68. The van der Waals surface area contributed by atoms with Crippen molar-refractivity contribution >= 4 is 23.5 Å². The third-order valence-electron chi connectivity index (χ3n) is 5.54. The molecule has 0 aromatic carbocycles. The van der Waals surface area contributed by atoms with Crippen molar-refractivity contribution in [3.05, 3.63) is 35.4 Å². The average molecular weight is 416 g/mol. The van der Waals surface area contributed by atoms with Crippen molar-refractivity contribution in [3.8, 4) is 0 Å². The molecule has 0 spiro atoms. The number of amides is 1. The van der Waals surface area contributed by atoms with Crippen LogP contribution in [0.25, 0.3) is 0 Å². The molecule has 0 saturated carbocycles. The van der Waals surface area contributed by atoms with E-state index in [4.69, 9.17) is 9.40 Å². The lowest BCUT2D eigenvalue weighted by atomic mass is 10.3. The second kappa shape index (κ2) is 9.17. The molecule has 1 amide bonds. The van der Waals surface area contributed by atoms with Crippen LogP contribution in [-0.2, 0) is 12.2 Å². The second-order valence-electron chi connectivity index (χ2n) is 7.70. The summed E-state index contributed by atoms with van der Waals surface area (Å²) in [5, 5.41) is 0.773. The number of thioether (sulfide) groups is 1. The monoisotopic (exact) mass is 415 g/mol. The van der Waals surface area contributed by atoms with E-state index >= 15 is 0 Å². The van der Waals surface area contributed by atoms with Gasteiger partial charge in [-0.1, -0.05) is 18.7 Å². The molecule has 0 radical (unpaired) electrons. The summed E-state index contributed by atoms with van der Waals surface area (Å²) in [5.74, 6) is 2.83. The van der Waals surface area contributed by atoms with Crippen molar-refractivity contribution in [1.29, 1.82) is 0 Å². The first kappa shape index (κ1) is 20.2. The highest BCUT2D eigenvalue weighted by atomic mass is 32.2. The number of rotatable bonds is 6. The van der Waals surface area contributed by atoms with Gasteiger partial charge in [-0.05, 0) is 38.4 Å². The second-order valence-corrected chi connectivity index (χ2v) is 8.64. The van der Waals surface area contributed by atoms with Crippen LogP contribution >= 0.6 is 11.8 Å². The van der Waals surface area contributed by atoms with Gasteiger partial charge in [0, 0.05) is 51.0 Å². The van der Waals surface area contributed by atoms with E-state index in [0.717, 1.165) is 68.1 Å². The van der Waals surface area contributed by atoms with Gasteiger partial charge in [0.15, 0.2) is 10.9 Å². The minimum atomic E-state index is -0.0186. The molecule has 2 fully saturated rings. The largest absolute Gasteiger partial charge is 0.455 e. The van der Waals surface area contributed by atoms with Crippen LogP contribution in [0, 0.1) is 0 Å². The maximum absolute atomic E-state index is 12.6. The van der Waals surface area contributed by atoms with Gasteiger partial charge >= 0.3 is 0 Å². The fourth-order valence-corrected chi connectivity index (χ4v) is 4.45. The lowest BCUT2D eigenvalue weighted by molar-refractivity contribution is 0.0631. The molecule has 0 bridgehead atoms. The van der Waals surface area contributed by atoms with Crippen LogP contribution in [-0.4, -0.2) is 72.0 Å². The van der Waals surface area contributed by atoms with Gasteiger partial charge in [-0.3, -0.25) is 4.79 Å². The summed E-state index contributed by atoms with van der Waals surface area (Å²) in [6.45, 7) is 7.56. The molecule has 2 aromatic heterocycles. The number of carbonyl (C=O) groups is 1. The topological polar surface area (TPSA) is 65.7 Å². The Kier molecular flexibility index (Phi) is 6.40. The number of aryl methyl sites for hydroxylation is 1. The maximum Gasteiger partial charge on any atom is 0.289 e. The molecule has 0 N–H and O–H groups in total. The molecular formula is C21H29N5O2S. The van der Waals surface area contributed by atoms with Gasteiger partial charge in [0.05, 0.1) is 5.75 Å². The summed E-state index contributed by atoms with van der Waals surface area (Å²) in [5.41, 5.74) is 1.06. The van der Waals surface area contributed by atoms with E-state index in [2.05, 4.69) is 34.8 Å². The predicted octanol–water partition coefficient (Wildman–Crippen LogP) is 2.91. The van der Waals surface area contributed by atoms with Gasteiger partial charge in [-0.2, -0.15) is 0 Å². The van der Waals surface area contributed by atoms with Crippen LogP contribution in [0.5, 0.6) is 0 Å². The average Bonchev–Trinajstić information content (AvgIpc) is 3.44. The molecule has 0 aliphatic carbocycles. The van der Waals surface area contributed by atoms with Crippen molar-refractivity contribution < 1.29 is 9.21 Å². The van der Waals surface area contributed by atoms with Crippen LogP contribution < -0.4 is 4.90 Å². The number of likely N-dealkylation sites (N-methyl/N-ethyl adjacent to an activating group) is 1. The first-order valence-electron chi connectivity index (χ1n) is 10.4. The molecule has 4 heterocycles. The van der Waals surface area contributed by atoms with Crippen molar-refractivity contribution in [2.45, 2.75) is 37.1 Å². The van der Waals surface area contributed by atoms with E-state index < -0.39 is 0 Å². The van der Waals surface area contributed by atoms with Crippen LogP contribution in [0.15, 0.2) is 27.8 Å². The Morgan fingerprint density at radius 3 is 2.59 bits per heavy atom. The van der Waals surface area contributed by atoms with Gasteiger partial charge in [0.1, 0.15) is 11.6 Å². The highest BCUT2D eigenvalue weighted by molar-refractivity contribution is 7.98. The van der Waals surface area contributed by atoms with Crippen molar-refractivity contribution in [3.63, 3.8) is 0 Å². The molecule has 2 aromatic rings. The molecule has 0 atom stereocenters. The summed E-state index contributed by atoms with van der Waals surface area (Å²) in [6.07, 6.45) is 3.34. The number of carbonyl (C=O) groups excluding carboxylic acids is 1. The third kappa shape index (κ3) is 4.93. The van der Waals surface area contributed by atoms with Crippen LogP contribution in [0.3, 0.4) is 0 Å². The Bertz CT molecular complexity index is 841. The Labute approximate surface area is 176 Å². The summed E-state index contributed by atoms with van der Waals surface area (Å²) in [4.78, 5) is 28.5. The zero-order valence-electron chi connectivity index (χ0n) is 17.3. The van der Waals surface area contributed by atoms with E-state index in [1.807, 2.05) is 11.0 Å². The summed E-state index contributed by atoms with van der Waals surface area (Å²) < 4.78 is 5.84. The first-order chi connectivity index (χ1) is 14.1. The summed E-state index contributed by atoms with van der Waals surface area (Å²) >= 11 is 1.56. The third-order valence-corrected chi connectivity index (χ3v) is 6.41. The molecule has 2 aliphatic heterocycles. The smallest absolute Gasteiger partial charge is 0.289 e. The standard InChI is InChI=1S/C21H29N5O2S/c1-3-16-14-19(25-8-4-5-9-25)23-21(22-16)29-15-17-6-7-18(28-17)20(27)26-12-10-24(2)11-13-26/h6-7,14H,3-5,8-13,15H2,1-2H3. The van der Waals surface area contributed by atoms with Gasteiger partial charge in [0.2, 0.25) is 0 Å². The predicted molar refractivity (Wildman–Crippen MR) is 115 cm³/mol. The minimum Gasteiger partial charge on any atom is -0.455 e. The number of hydrogen-bond acceptors (Lipinski definition) is 7. The van der Waals surface area contributed by atoms with E-state index in [-0.39, 0.29) is 5.91 Å². The normalized spacial score (nSPS) is 17.9. The van der Waals surface area contributed by atoms with Gasteiger partial charge in [-0.15, -0.1) is 0 Å². The zero-order chi connectivity index (χ0) is 20.2. The Morgan fingerprint density at radius 2 is 1.86 bits per heavy atom. The Balaban J connectivity index is 1.39. The lowest BCUT2D eigenvalue weighted by Crippen LogP contribution is -2.47. The van der Waals surface area contributed by atoms with Crippen LogP contribution in [0.1, 0.15) is 41.8 Å². The van der Waals surface area contributed by atoms with Crippen molar-refractivity contribution in [2.75, 3.05) is 51.2 Å². The molecule has 2 saturated heterocycles. The Hall–Kier alpha value is -2.06. The van der Waals surface area contributed by atoms with Crippen molar-refractivity contribution in [2.24, 2.45) is 0 Å². The molecule has 4 rings (SSSR count). The van der Waals surface area contributed by atoms with E-state index in [0.29, 0.717) is 11.5 Å². The number of piperazine rings is 1. The number of furan rings is 1. The molecule has 2 aliphatic rings. The molecular weight excluding hydrogens is 386 g/mol. The minimum absolute atomic E-state index is 0.0186. The highest BCUT2D eigenvalue weighted by Crippen LogP contribution is 2.26. The highest BCUT2D eigenvalue weighted by Gasteiger charge is 2.23. The lowest BCUT2D eigenvalue weighted by Gasteiger charge is -2.31. The van der Waals surface area contributed by atoms with E-state index in [9.17, 15) is 4.79 Å². The molecule has 156 valence electrons. The SMILES string of the molecule is CCc1cc(N2CCCC2)nc(SCc2ccc(C(=O)N3CCN(C)CC3)o2)n1. The number of anilines is 1. The molecule has 29 heavy (non-hydrogen) atoms. The summed E-state index contributed by atoms with van der Waals surface area (Å²) in [7, 11) is 2.08.